The lowest BCUT2D eigenvalue weighted by Crippen LogP contribution is -2.39. The first-order valence-electron chi connectivity index (χ1n) is 4.82. The van der Waals surface area contributed by atoms with E-state index in [0.717, 1.165) is 24.0 Å². The molecule has 0 radical (unpaired) electrons. The number of hydrogen-bond donors (Lipinski definition) is 1. The lowest BCUT2D eigenvalue weighted by atomic mass is 10.0. The summed E-state index contributed by atoms with van der Waals surface area (Å²) in [4.78, 5) is 0. The molecule has 1 unspecified atom stereocenters. The van der Waals surface area contributed by atoms with Crippen molar-refractivity contribution in [2.45, 2.75) is 19.1 Å². The quantitative estimate of drug-likeness (QED) is 0.905. The Hall–Kier alpha value is -0.0900. The van der Waals surface area contributed by atoms with Gasteiger partial charge in [-0.25, -0.2) is 0 Å². The molecule has 1 aliphatic heterocycles. The molecule has 1 saturated heterocycles. The molecule has 1 aromatic carbocycles. The van der Waals surface area contributed by atoms with Crippen molar-refractivity contribution in [3.8, 4) is 0 Å². The summed E-state index contributed by atoms with van der Waals surface area (Å²) in [6, 6.07) is 8.27. The number of ether oxygens (including phenoxy) is 1. The summed E-state index contributed by atoms with van der Waals surface area (Å²) in [5.41, 5.74) is 1.09. The molecule has 1 atom stereocenters. The van der Waals surface area contributed by atoms with E-state index < -0.39 is 0 Å². The minimum atomic E-state index is -0.191. The molecule has 2 rings (SSSR count). The van der Waals surface area contributed by atoms with Gasteiger partial charge in [0.05, 0.1) is 6.61 Å². The van der Waals surface area contributed by atoms with E-state index in [4.69, 9.17) is 4.74 Å². The topological polar surface area (TPSA) is 21.3 Å². The number of benzene rings is 1. The molecule has 2 nitrogen and oxygen atoms in total. The van der Waals surface area contributed by atoms with Crippen molar-refractivity contribution in [2.24, 2.45) is 0 Å². The third-order valence-electron chi connectivity index (χ3n) is 2.51. The maximum absolute atomic E-state index is 5.67. The van der Waals surface area contributed by atoms with Crippen LogP contribution in [-0.4, -0.2) is 18.9 Å². The molecule has 84 valence electrons. The maximum Gasteiger partial charge on any atom is 0.120 e. The predicted octanol–water partition coefficient (Wildman–Crippen LogP) is 2.75. The summed E-state index contributed by atoms with van der Waals surface area (Å²) in [7, 11) is 0. The standard InChI is InChI=1S/C11H14BrNO.ClH/c1-11(13-6-7-14-11)8-9-4-2-3-5-10(9)12;/h2-5,13H,6-8H2,1H3;1H. The Balaban J connectivity index is 0.00000112. The zero-order valence-electron chi connectivity index (χ0n) is 8.63. The molecule has 1 N–H and O–H groups in total. The molecular weight excluding hydrogens is 277 g/mol. The fourth-order valence-corrected chi connectivity index (χ4v) is 2.19. The van der Waals surface area contributed by atoms with Gasteiger partial charge in [-0.2, -0.15) is 0 Å². The van der Waals surface area contributed by atoms with Crippen molar-refractivity contribution in [1.29, 1.82) is 0 Å². The van der Waals surface area contributed by atoms with Gasteiger partial charge in [0.15, 0.2) is 0 Å². The van der Waals surface area contributed by atoms with Crippen LogP contribution in [0.1, 0.15) is 12.5 Å². The fourth-order valence-electron chi connectivity index (χ4n) is 1.76. The van der Waals surface area contributed by atoms with E-state index >= 15 is 0 Å². The van der Waals surface area contributed by atoms with Crippen molar-refractivity contribution in [3.63, 3.8) is 0 Å². The van der Waals surface area contributed by atoms with Crippen LogP contribution < -0.4 is 5.32 Å². The van der Waals surface area contributed by atoms with Gasteiger partial charge >= 0.3 is 0 Å². The van der Waals surface area contributed by atoms with Crippen LogP contribution in [0.4, 0.5) is 0 Å². The largest absolute Gasteiger partial charge is 0.359 e. The second kappa shape index (κ2) is 5.30. The second-order valence-electron chi connectivity index (χ2n) is 3.77. The van der Waals surface area contributed by atoms with E-state index in [9.17, 15) is 0 Å². The minimum absolute atomic E-state index is 0. The molecule has 1 heterocycles. The monoisotopic (exact) mass is 291 g/mol. The van der Waals surface area contributed by atoms with Crippen LogP contribution in [0.2, 0.25) is 0 Å². The molecule has 0 amide bonds. The van der Waals surface area contributed by atoms with Crippen LogP contribution in [0.15, 0.2) is 28.7 Å². The molecule has 1 aliphatic rings. The molecule has 0 aromatic heterocycles. The summed E-state index contributed by atoms with van der Waals surface area (Å²) in [5, 5.41) is 3.37. The van der Waals surface area contributed by atoms with E-state index in [1.165, 1.54) is 5.56 Å². The summed E-state index contributed by atoms with van der Waals surface area (Å²) in [6.07, 6.45) is 0.897. The van der Waals surface area contributed by atoms with E-state index in [0.29, 0.717) is 0 Å². The van der Waals surface area contributed by atoms with Crippen molar-refractivity contribution >= 4 is 28.3 Å². The number of rotatable bonds is 2. The van der Waals surface area contributed by atoms with Gasteiger partial charge in [0.25, 0.3) is 0 Å². The molecule has 0 bridgehead atoms. The first kappa shape index (κ1) is 13.0. The lowest BCUT2D eigenvalue weighted by molar-refractivity contribution is 0.00689. The van der Waals surface area contributed by atoms with E-state index in [1.54, 1.807) is 0 Å². The highest BCUT2D eigenvalue weighted by atomic mass is 79.9. The Morgan fingerprint density at radius 2 is 2.20 bits per heavy atom. The molecule has 0 spiro atoms. The van der Waals surface area contributed by atoms with E-state index in [1.807, 2.05) is 6.07 Å². The van der Waals surface area contributed by atoms with Gasteiger partial charge < -0.3 is 4.74 Å². The average molecular weight is 293 g/mol. The van der Waals surface area contributed by atoms with Crippen LogP contribution in [0, 0.1) is 0 Å². The van der Waals surface area contributed by atoms with Gasteiger partial charge in [-0.3, -0.25) is 5.32 Å². The maximum atomic E-state index is 5.67. The van der Waals surface area contributed by atoms with Crippen LogP contribution in [0.3, 0.4) is 0 Å². The Labute approximate surface area is 105 Å². The Kier molecular flexibility index (Phi) is 4.59. The zero-order chi connectivity index (χ0) is 10.0. The van der Waals surface area contributed by atoms with Gasteiger partial charge in [-0.15, -0.1) is 12.4 Å². The highest BCUT2D eigenvalue weighted by Crippen LogP contribution is 2.23. The van der Waals surface area contributed by atoms with Gasteiger partial charge in [-0.1, -0.05) is 34.1 Å². The lowest BCUT2D eigenvalue weighted by Gasteiger charge is -2.24. The fraction of sp³-hybridized carbons (Fsp3) is 0.455. The first-order chi connectivity index (χ1) is 6.70. The van der Waals surface area contributed by atoms with Gasteiger partial charge in [0, 0.05) is 17.4 Å². The van der Waals surface area contributed by atoms with Gasteiger partial charge in [0.1, 0.15) is 5.72 Å². The second-order valence-corrected chi connectivity index (χ2v) is 4.63. The van der Waals surface area contributed by atoms with Gasteiger partial charge in [0.2, 0.25) is 0 Å². The minimum Gasteiger partial charge on any atom is -0.359 e. The Bertz CT molecular complexity index is 326. The van der Waals surface area contributed by atoms with Gasteiger partial charge in [-0.05, 0) is 18.6 Å². The summed E-state index contributed by atoms with van der Waals surface area (Å²) in [5.74, 6) is 0. The first-order valence-corrected chi connectivity index (χ1v) is 5.61. The van der Waals surface area contributed by atoms with Crippen molar-refractivity contribution < 1.29 is 4.74 Å². The SMILES string of the molecule is CC1(Cc2ccccc2Br)NCCO1.Cl. The predicted molar refractivity (Wildman–Crippen MR) is 67.5 cm³/mol. The van der Waals surface area contributed by atoms with Crippen molar-refractivity contribution in [3.05, 3.63) is 34.3 Å². The highest BCUT2D eigenvalue weighted by molar-refractivity contribution is 9.10. The van der Waals surface area contributed by atoms with Crippen LogP contribution in [-0.2, 0) is 11.2 Å². The zero-order valence-corrected chi connectivity index (χ0v) is 11.0. The number of nitrogens with one attached hydrogen (secondary N) is 1. The summed E-state index contributed by atoms with van der Waals surface area (Å²) in [6.45, 7) is 3.85. The van der Waals surface area contributed by atoms with Crippen LogP contribution >= 0.6 is 28.3 Å². The Morgan fingerprint density at radius 1 is 1.47 bits per heavy atom. The number of halogens is 2. The summed E-state index contributed by atoms with van der Waals surface area (Å²) < 4.78 is 6.82. The van der Waals surface area contributed by atoms with Crippen LogP contribution in [0.25, 0.3) is 0 Å². The van der Waals surface area contributed by atoms with Crippen molar-refractivity contribution in [2.75, 3.05) is 13.2 Å². The highest BCUT2D eigenvalue weighted by Gasteiger charge is 2.29. The normalized spacial score (nSPS) is 24.9. The summed E-state index contributed by atoms with van der Waals surface area (Å²) >= 11 is 3.54. The van der Waals surface area contributed by atoms with E-state index in [-0.39, 0.29) is 18.1 Å². The van der Waals surface area contributed by atoms with Crippen molar-refractivity contribution in [1.82, 2.24) is 5.32 Å². The van der Waals surface area contributed by atoms with E-state index in [2.05, 4.69) is 46.4 Å². The molecule has 4 heteroatoms. The molecule has 1 fully saturated rings. The molecule has 15 heavy (non-hydrogen) atoms. The Morgan fingerprint density at radius 3 is 2.80 bits per heavy atom. The third-order valence-corrected chi connectivity index (χ3v) is 3.28. The molecular formula is C11H15BrClNO. The molecule has 0 aliphatic carbocycles. The number of hydrogen-bond acceptors (Lipinski definition) is 2. The van der Waals surface area contributed by atoms with Crippen LogP contribution in [0.5, 0.6) is 0 Å². The average Bonchev–Trinajstić information content (AvgIpc) is 2.57. The third kappa shape index (κ3) is 3.18. The molecule has 0 saturated carbocycles. The molecule has 1 aromatic rings. The smallest absolute Gasteiger partial charge is 0.120 e.